The van der Waals surface area contributed by atoms with Crippen molar-refractivity contribution in [3.05, 3.63) is 77.7 Å². The van der Waals surface area contributed by atoms with Crippen molar-refractivity contribution in [3.8, 4) is 11.1 Å². The number of nitrogens with zero attached hydrogens (tertiary/aromatic N) is 4. The third kappa shape index (κ3) is 9.46. The van der Waals surface area contributed by atoms with E-state index in [4.69, 9.17) is 9.05 Å². The molecule has 2 heterocycles. The Labute approximate surface area is 266 Å². The van der Waals surface area contributed by atoms with Crippen molar-refractivity contribution in [2.75, 3.05) is 30.9 Å². The molecule has 0 saturated heterocycles. The molecule has 4 aromatic rings. The number of aromatic nitrogens is 4. The molecule has 11 nitrogen and oxygen atoms in total. The van der Waals surface area contributed by atoms with Crippen LogP contribution < -0.4 is 16.0 Å². The van der Waals surface area contributed by atoms with Crippen molar-refractivity contribution in [2.24, 2.45) is 0 Å². The Morgan fingerprint density at radius 3 is 2.30 bits per heavy atom. The van der Waals surface area contributed by atoms with Crippen LogP contribution in [0.25, 0.3) is 11.1 Å². The molecule has 46 heavy (non-hydrogen) atoms. The summed E-state index contributed by atoms with van der Waals surface area (Å²) in [7, 11) is 0.356. The van der Waals surface area contributed by atoms with Crippen molar-refractivity contribution >= 4 is 37.4 Å². The van der Waals surface area contributed by atoms with Crippen LogP contribution in [0.1, 0.15) is 49.2 Å². The first-order valence-corrected chi connectivity index (χ1v) is 15.9. The zero-order valence-corrected chi connectivity index (χ0v) is 27.0. The van der Waals surface area contributed by atoms with E-state index in [2.05, 4.69) is 31.0 Å². The highest BCUT2D eigenvalue weighted by Gasteiger charge is 2.35. The maximum atomic E-state index is 14.0. The summed E-state index contributed by atoms with van der Waals surface area (Å²) in [4.78, 5) is 20.9. The first-order valence-electron chi connectivity index (χ1n) is 14.5. The number of benzene rings is 2. The largest absolute Gasteiger partial charge is 0.421 e. The molecule has 246 valence electrons. The number of amides is 1. The summed E-state index contributed by atoms with van der Waals surface area (Å²) in [6, 6.07) is 12.0. The lowest BCUT2D eigenvalue weighted by Gasteiger charge is -2.17. The molecule has 0 radical (unpaired) electrons. The van der Waals surface area contributed by atoms with E-state index in [0.29, 0.717) is 42.4 Å². The van der Waals surface area contributed by atoms with Gasteiger partial charge in [-0.2, -0.15) is 23.3 Å². The van der Waals surface area contributed by atoms with E-state index in [1.807, 2.05) is 26.0 Å². The zero-order valence-electron chi connectivity index (χ0n) is 26.1. The van der Waals surface area contributed by atoms with E-state index in [1.165, 1.54) is 13.1 Å². The van der Waals surface area contributed by atoms with E-state index in [1.54, 1.807) is 55.2 Å². The molecule has 0 aliphatic rings. The summed E-state index contributed by atoms with van der Waals surface area (Å²) in [6.45, 7) is 8.44. The topological polar surface area (TPSA) is 135 Å². The fourth-order valence-corrected chi connectivity index (χ4v) is 5.75. The van der Waals surface area contributed by atoms with E-state index < -0.39 is 37.4 Å². The minimum Gasteiger partial charge on any atom is -0.389 e. The normalized spacial score (nSPS) is 12.0. The lowest BCUT2D eigenvalue weighted by atomic mass is 10.0. The Kier molecular flexibility index (Phi) is 11.3. The molecule has 0 aliphatic heterocycles. The number of aliphatic hydroxyl groups is 1. The summed E-state index contributed by atoms with van der Waals surface area (Å²) in [5.41, 5.74) is 0.893. The molecule has 4 rings (SSSR count). The smallest absolute Gasteiger partial charge is 0.389 e. The van der Waals surface area contributed by atoms with Crippen LogP contribution in [0, 0.1) is 0 Å². The number of anilines is 4. The van der Waals surface area contributed by atoms with Crippen LogP contribution in [0.5, 0.6) is 0 Å². The molecule has 2 aromatic carbocycles. The molecule has 15 heteroatoms. The number of carbonyl (C=O) groups excluding carboxylic acids is 1. The maximum absolute atomic E-state index is 14.0. The molecule has 2 aromatic heterocycles. The third-order valence-electron chi connectivity index (χ3n) is 6.42. The zero-order chi connectivity index (χ0) is 33.5. The molecule has 0 atom stereocenters. The lowest BCUT2D eigenvalue weighted by Crippen LogP contribution is -2.26. The van der Waals surface area contributed by atoms with Gasteiger partial charge in [-0.1, -0.05) is 18.2 Å². The molecule has 1 amide bonds. The molecule has 0 aliphatic carbocycles. The number of hydrogen-bond donors (Lipinski definition) is 4. The second-order valence-corrected chi connectivity index (χ2v) is 12.3. The molecule has 0 saturated carbocycles. The van der Waals surface area contributed by atoms with Gasteiger partial charge in [-0.25, -0.2) is 4.98 Å². The number of rotatable bonds is 14. The average molecular weight is 660 g/mol. The van der Waals surface area contributed by atoms with Crippen molar-refractivity contribution in [1.82, 2.24) is 25.1 Å². The molecule has 4 N–H and O–H groups in total. The first kappa shape index (κ1) is 34.8. The molecule has 0 spiro atoms. The Morgan fingerprint density at radius 1 is 1.00 bits per heavy atom. The van der Waals surface area contributed by atoms with Crippen molar-refractivity contribution < 1.29 is 32.1 Å². The molecular formula is C31H37F3N7O4P. The molecular weight excluding hydrogens is 622 g/mol. The molecule has 0 fully saturated rings. The van der Waals surface area contributed by atoms with Gasteiger partial charge in [0.25, 0.3) is 5.91 Å². The first-order chi connectivity index (χ1) is 21.8. The van der Waals surface area contributed by atoms with Crippen LogP contribution in [-0.4, -0.2) is 56.6 Å². The van der Waals surface area contributed by atoms with Gasteiger partial charge in [-0.05, 0) is 63.1 Å². The van der Waals surface area contributed by atoms with Crippen molar-refractivity contribution in [1.29, 1.82) is 0 Å². The fraction of sp³-hybridized carbons (Fsp3) is 0.355. The minimum absolute atomic E-state index is 0.0773. The maximum Gasteiger partial charge on any atom is 0.421 e. The summed E-state index contributed by atoms with van der Waals surface area (Å²) < 4.78 is 55.0. The highest BCUT2D eigenvalue weighted by molar-refractivity contribution is 7.46. The molecule has 0 unspecified atom stereocenters. The van der Waals surface area contributed by atoms with Crippen LogP contribution >= 0.6 is 8.38 Å². The van der Waals surface area contributed by atoms with Gasteiger partial charge in [0.15, 0.2) is 8.38 Å². The second kappa shape index (κ2) is 15.0. The second-order valence-electron chi connectivity index (χ2n) is 10.8. The Morgan fingerprint density at radius 2 is 1.70 bits per heavy atom. The molecule has 0 bridgehead atoms. The fourth-order valence-electron chi connectivity index (χ4n) is 4.41. The third-order valence-corrected chi connectivity index (χ3v) is 8.14. The summed E-state index contributed by atoms with van der Waals surface area (Å²) in [5.74, 6) is -1.13. The lowest BCUT2D eigenvalue weighted by molar-refractivity contribution is -0.137. The number of alkyl halides is 3. The summed E-state index contributed by atoms with van der Waals surface area (Å²) >= 11 is 0. The van der Waals surface area contributed by atoms with Gasteiger partial charge in [0.05, 0.1) is 42.8 Å². The Balaban J connectivity index is 1.61. The van der Waals surface area contributed by atoms with Gasteiger partial charge >= 0.3 is 6.18 Å². The highest BCUT2D eigenvalue weighted by atomic mass is 31.2. The van der Waals surface area contributed by atoms with Gasteiger partial charge in [-0.3, -0.25) is 9.48 Å². The predicted octanol–water partition coefficient (Wildman–Crippen LogP) is 6.86. The standard InChI is InChI=1S/C31H37F3N7O4P/c1-6-44-46(45-7-2)18-20-8-11-23(12-9-20)38-29-36-16-25(31(32,33)34)27(40-29)39-26-13-10-21(14-24(26)28(42)35-5)22-15-37-41(17-22)19-30(3,4)43/h8-17,43H,6-7,18-19H2,1-5H3,(H,35,42)(H2,36,38,39,40). The van der Waals surface area contributed by atoms with E-state index in [-0.39, 0.29) is 23.7 Å². The van der Waals surface area contributed by atoms with Gasteiger partial charge in [0.1, 0.15) is 11.4 Å². The Bertz CT molecular complexity index is 1620. The summed E-state index contributed by atoms with van der Waals surface area (Å²) in [6.07, 6.45) is -0.200. The minimum atomic E-state index is -4.77. The number of nitrogens with one attached hydrogen (secondary N) is 3. The SMILES string of the molecule is CCOP(Cc1ccc(Nc2ncc(C(F)(F)F)c(Nc3ccc(-c4cnn(CC(C)(C)O)c4)cc3C(=O)NC)n2)cc1)OCC. The summed E-state index contributed by atoms with van der Waals surface area (Å²) in [5, 5.41) is 22.5. The van der Waals surface area contributed by atoms with Crippen LogP contribution in [0.15, 0.2) is 61.1 Å². The number of carbonyl (C=O) groups is 1. The quantitative estimate of drug-likeness (QED) is 0.107. The monoisotopic (exact) mass is 659 g/mol. The van der Waals surface area contributed by atoms with Crippen LogP contribution in [-0.2, 0) is 27.9 Å². The van der Waals surface area contributed by atoms with E-state index >= 15 is 0 Å². The predicted molar refractivity (Wildman–Crippen MR) is 171 cm³/mol. The van der Waals surface area contributed by atoms with Crippen LogP contribution in [0.3, 0.4) is 0 Å². The highest BCUT2D eigenvalue weighted by Crippen LogP contribution is 2.42. The van der Waals surface area contributed by atoms with Gasteiger partial charge in [0.2, 0.25) is 5.95 Å². The van der Waals surface area contributed by atoms with E-state index in [9.17, 15) is 23.1 Å². The van der Waals surface area contributed by atoms with Crippen LogP contribution in [0.4, 0.5) is 36.3 Å². The van der Waals surface area contributed by atoms with Crippen molar-refractivity contribution in [3.63, 3.8) is 0 Å². The van der Waals surface area contributed by atoms with E-state index in [0.717, 1.165) is 5.56 Å². The average Bonchev–Trinajstić information content (AvgIpc) is 3.44. The Hall–Kier alpha value is -4.10. The van der Waals surface area contributed by atoms with Gasteiger partial charge < -0.3 is 30.1 Å². The number of hydrogen-bond acceptors (Lipinski definition) is 9. The van der Waals surface area contributed by atoms with Gasteiger partial charge in [0, 0.05) is 36.9 Å². The number of halogens is 3. The van der Waals surface area contributed by atoms with Crippen molar-refractivity contribution in [2.45, 2.75) is 52.2 Å². The van der Waals surface area contributed by atoms with Gasteiger partial charge in [-0.15, -0.1) is 0 Å². The van der Waals surface area contributed by atoms with Crippen LogP contribution in [0.2, 0.25) is 0 Å².